The van der Waals surface area contributed by atoms with Gasteiger partial charge < -0.3 is 5.32 Å². The normalized spacial score (nSPS) is 17.2. The number of fused-ring (bicyclic) bond motifs is 1. The van der Waals surface area contributed by atoms with Crippen molar-refractivity contribution in [2.75, 3.05) is 5.75 Å². The lowest BCUT2D eigenvalue weighted by atomic mass is 10.0. The molecule has 2 N–H and O–H groups in total. The summed E-state index contributed by atoms with van der Waals surface area (Å²) in [6, 6.07) is 14.1. The van der Waals surface area contributed by atoms with Crippen molar-refractivity contribution in [1.29, 1.82) is 0 Å². The molecule has 1 amide bonds. The molecule has 1 atom stereocenters. The first-order valence-electron chi connectivity index (χ1n) is 8.82. The van der Waals surface area contributed by atoms with Crippen molar-refractivity contribution < 1.29 is 13.2 Å². The molecule has 1 aliphatic heterocycles. The molecule has 2 aromatic carbocycles. The van der Waals surface area contributed by atoms with Crippen LogP contribution in [0.25, 0.3) is 0 Å². The van der Waals surface area contributed by atoms with Crippen molar-refractivity contribution in [3.05, 3.63) is 59.7 Å². The lowest BCUT2D eigenvalue weighted by Gasteiger charge is -2.26. The fourth-order valence-corrected chi connectivity index (χ4v) is 5.59. The van der Waals surface area contributed by atoms with Gasteiger partial charge in [-0.1, -0.05) is 24.3 Å². The second-order valence-corrected chi connectivity index (χ2v) is 10.4. The number of rotatable bonds is 4. The third kappa shape index (κ3) is 4.91. The molecule has 0 aromatic heterocycles. The number of hydrogen-bond acceptors (Lipinski definition) is 4. The van der Waals surface area contributed by atoms with Crippen LogP contribution < -0.4 is 10.0 Å². The quantitative estimate of drug-likeness (QED) is 0.814. The molecule has 0 aliphatic carbocycles. The zero-order chi connectivity index (χ0) is 19.7. The van der Waals surface area contributed by atoms with Crippen molar-refractivity contribution in [2.45, 2.75) is 48.6 Å². The van der Waals surface area contributed by atoms with E-state index in [0.717, 1.165) is 17.7 Å². The second-order valence-electron chi connectivity index (χ2n) is 7.58. The maximum atomic E-state index is 12.8. The van der Waals surface area contributed by atoms with Crippen LogP contribution in [-0.2, 0) is 10.0 Å². The Morgan fingerprint density at radius 1 is 1.11 bits per heavy atom. The molecule has 0 radical (unpaired) electrons. The van der Waals surface area contributed by atoms with Crippen molar-refractivity contribution in [1.82, 2.24) is 10.0 Å². The summed E-state index contributed by atoms with van der Waals surface area (Å²) >= 11 is 1.79. The van der Waals surface area contributed by atoms with E-state index in [0.29, 0.717) is 5.56 Å². The zero-order valence-electron chi connectivity index (χ0n) is 15.7. The summed E-state index contributed by atoms with van der Waals surface area (Å²) < 4.78 is 27.7. The molecule has 1 aliphatic rings. The van der Waals surface area contributed by atoms with Crippen molar-refractivity contribution in [3.8, 4) is 0 Å². The van der Waals surface area contributed by atoms with Gasteiger partial charge in [-0.25, -0.2) is 13.1 Å². The summed E-state index contributed by atoms with van der Waals surface area (Å²) in [5, 5.41) is 3.05. The molecule has 0 unspecified atom stereocenters. The van der Waals surface area contributed by atoms with E-state index >= 15 is 0 Å². The van der Waals surface area contributed by atoms with Crippen molar-refractivity contribution >= 4 is 27.7 Å². The van der Waals surface area contributed by atoms with Crippen LogP contribution in [0.1, 0.15) is 49.2 Å². The number of nitrogens with one attached hydrogen (secondary N) is 2. The number of carbonyl (C=O) groups is 1. The first kappa shape index (κ1) is 19.9. The van der Waals surface area contributed by atoms with Crippen molar-refractivity contribution in [3.63, 3.8) is 0 Å². The van der Waals surface area contributed by atoms with Gasteiger partial charge in [0, 0.05) is 21.8 Å². The van der Waals surface area contributed by atoms with Gasteiger partial charge in [0.25, 0.3) is 5.91 Å². The van der Waals surface area contributed by atoms with E-state index in [2.05, 4.69) is 16.1 Å². The SMILES string of the molecule is CC(C)(C)NS(=O)(=O)c1cccc(C(=O)N[C@@H]2CCSc3ccccc32)c1. The fraction of sp³-hybridized carbons (Fsp3) is 0.350. The van der Waals surface area contributed by atoms with Gasteiger partial charge in [0.15, 0.2) is 0 Å². The Morgan fingerprint density at radius 2 is 1.85 bits per heavy atom. The molecule has 0 saturated heterocycles. The summed E-state index contributed by atoms with van der Waals surface area (Å²) in [6.07, 6.45) is 0.844. The molecule has 0 fully saturated rings. The van der Waals surface area contributed by atoms with Crippen LogP contribution in [0, 0.1) is 0 Å². The second kappa shape index (κ2) is 7.66. The maximum absolute atomic E-state index is 12.8. The summed E-state index contributed by atoms with van der Waals surface area (Å²) in [7, 11) is -3.69. The van der Waals surface area contributed by atoms with E-state index < -0.39 is 15.6 Å². The van der Waals surface area contributed by atoms with Crippen LogP contribution in [0.3, 0.4) is 0 Å². The molecule has 5 nitrogen and oxygen atoms in total. The monoisotopic (exact) mass is 404 g/mol. The molecule has 0 saturated carbocycles. The first-order valence-corrected chi connectivity index (χ1v) is 11.3. The van der Waals surface area contributed by atoms with Gasteiger partial charge in [0.2, 0.25) is 10.0 Å². The highest BCUT2D eigenvalue weighted by Crippen LogP contribution is 2.35. The van der Waals surface area contributed by atoms with E-state index in [9.17, 15) is 13.2 Å². The number of thioether (sulfide) groups is 1. The largest absolute Gasteiger partial charge is 0.345 e. The summed E-state index contributed by atoms with van der Waals surface area (Å²) in [5.41, 5.74) is 0.850. The molecule has 144 valence electrons. The molecular formula is C20H24N2O3S2. The van der Waals surface area contributed by atoms with Gasteiger partial charge in [-0.2, -0.15) is 0 Å². The Bertz CT molecular complexity index is 950. The van der Waals surface area contributed by atoms with E-state index in [1.165, 1.54) is 17.0 Å². The van der Waals surface area contributed by atoms with Crippen LogP contribution in [0.4, 0.5) is 0 Å². The number of amides is 1. The van der Waals surface area contributed by atoms with Gasteiger partial charge >= 0.3 is 0 Å². The molecule has 2 aromatic rings. The van der Waals surface area contributed by atoms with Crippen molar-refractivity contribution in [2.24, 2.45) is 0 Å². The molecule has 27 heavy (non-hydrogen) atoms. The predicted octanol–water partition coefficient (Wildman–Crippen LogP) is 3.73. The molecule has 3 rings (SSSR count). The van der Waals surface area contributed by atoms with Crippen LogP contribution in [0.5, 0.6) is 0 Å². The number of hydrogen-bond donors (Lipinski definition) is 2. The zero-order valence-corrected chi connectivity index (χ0v) is 17.3. The van der Waals surface area contributed by atoms with Gasteiger partial charge in [0.1, 0.15) is 0 Å². The Hall–Kier alpha value is -1.83. The van der Waals surface area contributed by atoms with Crippen LogP contribution >= 0.6 is 11.8 Å². The van der Waals surface area contributed by atoms with E-state index in [-0.39, 0.29) is 16.8 Å². The number of benzene rings is 2. The standard InChI is InChI=1S/C20H24N2O3S2/c1-20(2,3)22-27(24,25)15-8-6-7-14(13-15)19(23)21-17-11-12-26-18-10-5-4-9-16(17)18/h4-10,13,17,22H,11-12H2,1-3H3,(H,21,23)/t17-/m1/s1. The summed E-state index contributed by atoms with van der Waals surface area (Å²) in [4.78, 5) is 14.0. The molecule has 0 bridgehead atoms. The maximum Gasteiger partial charge on any atom is 0.251 e. The smallest absolute Gasteiger partial charge is 0.251 e. The van der Waals surface area contributed by atoms with Gasteiger partial charge in [0.05, 0.1) is 10.9 Å². The fourth-order valence-electron chi connectivity index (χ4n) is 3.00. The molecule has 1 heterocycles. The first-order chi connectivity index (χ1) is 12.7. The molecule has 7 heteroatoms. The Balaban J connectivity index is 1.81. The minimum absolute atomic E-state index is 0.0667. The van der Waals surface area contributed by atoms with E-state index in [1.807, 2.05) is 18.2 Å². The van der Waals surface area contributed by atoms with E-state index in [4.69, 9.17) is 0 Å². The number of sulfonamides is 1. The predicted molar refractivity (Wildman–Crippen MR) is 109 cm³/mol. The summed E-state index contributed by atoms with van der Waals surface area (Å²) in [5.74, 6) is 0.667. The third-order valence-corrected chi connectivity index (χ3v) is 6.99. The topological polar surface area (TPSA) is 75.3 Å². The highest BCUT2D eigenvalue weighted by molar-refractivity contribution is 7.99. The van der Waals surface area contributed by atoms with E-state index in [1.54, 1.807) is 44.7 Å². The van der Waals surface area contributed by atoms with Gasteiger partial charge in [-0.05, 0) is 57.0 Å². The van der Waals surface area contributed by atoms with Crippen LogP contribution in [-0.4, -0.2) is 25.6 Å². The Labute approximate surface area is 165 Å². The highest BCUT2D eigenvalue weighted by Gasteiger charge is 2.25. The van der Waals surface area contributed by atoms with Gasteiger partial charge in [-0.3, -0.25) is 4.79 Å². The minimum atomic E-state index is -3.69. The molecule has 0 spiro atoms. The minimum Gasteiger partial charge on any atom is -0.345 e. The third-order valence-electron chi connectivity index (χ3n) is 4.11. The highest BCUT2D eigenvalue weighted by atomic mass is 32.2. The average Bonchev–Trinajstić information content (AvgIpc) is 2.60. The lowest BCUT2D eigenvalue weighted by Crippen LogP contribution is -2.40. The average molecular weight is 405 g/mol. The molecular weight excluding hydrogens is 380 g/mol. The lowest BCUT2D eigenvalue weighted by molar-refractivity contribution is 0.0934. The van der Waals surface area contributed by atoms with Crippen LogP contribution in [0.2, 0.25) is 0 Å². The summed E-state index contributed by atoms with van der Waals surface area (Å²) in [6.45, 7) is 5.33. The van der Waals surface area contributed by atoms with Gasteiger partial charge in [-0.15, -0.1) is 11.8 Å². The Morgan fingerprint density at radius 3 is 2.59 bits per heavy atom. The Kier molecular flexibility index (Phi) is 5.65. The van der Waals surface area contributed by atoms with Crippen LogP contribution in [0.15, 0.2) is 58.3 Å². The number of carbonyl (C=O) groups excluding carboxylic acids is 1.